The second-order valence-corrected chi connectivity index (χ2v) is 8.49. The van der Waals surface area contributed by atoms with E-state index in [0.717, 1.165) is 26.8 Å². The molecule has 0 bridgehead atoms. The van der Waals surface area contributed by atoms with Crippen LogP contribution in [0.4, 0.5) is 5.13 Å². The summed E-state index contributed by atoms with van der Waals surface area (Å²) in [4.78, 5) is 21.3. The van der Waals surface area contributed by atoms with Gasteiger partial charge in [0, 0.05) is 17.6 Å². The molecule has 0 unspecified atom stereocenters. The van der Waals surface area contributed by atoms with Crippen LogP contribution in [0.1, 0.15) is 5.56 Å². The predicted octanol–water partition coefficient (Wildman–Crippen LogP) is 4.76. The number of thiazole rings is 1. The fourth-order valence-corrected chi connectivity index (χ4v) is 4.12. The van der Waals surface area contributed by atoms with Crippen LogP contribution in [0.15, 0.2) is 46.9 Å². The molecule has 0 atom stereocenters. The summed E-state index contributed by atoms with van der Waals surface area (Å²) < 4.78 is 7.76. The number of benzene rings is 2. The van der Waals surface area contributed by atoms with E-state index in [1.54, 1.807) is 4.90 Å². The molecule has 8 heteroatoms. The van der Waals surface area contributed by atoms with Gasteiger partial charge in [0.1, 0.15) is 5.75 Å². The highest BCUT2D eigenvalue weighted by atomic mass is 79.9. The summed E-state index contributed by atoms with van der Waals surface area (Å²) in [6.07, 6.45) is 0. The van der Waals surface area contributed by atoms with Crippen molar-refractivity contribution in [1.82, 2.24) is 9.88 Å². The van der Waals surface area contributed by atoms with Crippen LogP contribution in [-0.4, -0.2) is 49.6 Å². The summed E-state index contributed by atoms with van der Waals surface area (Å²) in [5.41, 5.74) is 1.99. The molecule has 0 saturated carbocycles. The molecule has 0 N–H and O–H groups in total. The fourth-order valence-electron chi connectivity index (χ4n) is 2.56. The summed E-state index contributed by atoms with van der Waals surface area (Å²) >= 11 is 5.00. The number of hydrogen-bond acceptors (Lipinski definition) is 5. The Morgan fingerprint density at radius 1 is 1.18 bits per heavy atom. The Morgan fingerprint density at radius 3 is 2.68 bits per heavy atom. The third-order valence-corrected chi connectivity index (χ3v) is 5.53. The minimum Gasteiger partial charge on any atom is -0.484 e. The summed E-state index contributed by atoms with van der Waals surface area (Å²) in [6, 6.07) is 13.6. The number of carbonyl (C=O) groups excluding carboxylic acids is 1. The Bertz CT molecular complexity index is 948. The second-order valence-electron chi connectivity index (χ2n) is 6.56. The molecule has 2 aromatic carbocycles. The number of amides is 1. The Kier molecular flexibility index (Phi) is 8.24. The van der Waals surface area contributed by atoms with Crippen molar-refractivity contribution < 1.29 is 9.53 Å². The molecule has 3 aromatic rings. The molecule has 0 aliphatic rings. The number of hydrogen-bond donors (Lipinski definition) is 0. The topological polar surface area (TPSA) is 45.7 Å². The van der Waals surface area contributed by atoms with Gasteiger partial charge in [0.15, 0.2) is 11.7 Å². The first-order chi connectivity index (χ1) is 12.9. The van der Waals surface area contributed by atoms with Crippen LogP contribution in [0.25, 0.3) is 10.2 Å². The number of rotatable bonds is 7. The molecule has 0 saturated heterocycles. The number of fused-ring (bicyclic) bond motifs is 1. The smallest absolute Gasteiger partial charge is 0.266 e. The Hall–Kier alpha value is -1.67. The lowest BCUT2D eigenvalue weighted by Crippen LogP contribution is -2.39. The molecule has 1 aromatic heterocycles. The molecule has 0 radical (unpaired) electrons. The first-order valence-corrected chi connectivity index (χ1v) is 10.2. The van der Waals surface area contributed by atoms with Crippen molar-refractivity contribution in [2.75, 3.05) is 38.7 Å². The van der Waals surface area contributed by atoms with Crippen LogP contribution < -0.4 is 9.64 Å². The minimum absolute atomic E-state index is 0. The second kappa shape index (κ2) is 10.2. The van der Waals surface area contributed by atoms with Gasteiger partial charge < -0.3 is 9.64 Å². The average molecular weight is 485 g/mol. The van der Waals surface area contributed by atoms with Crippen molar-refractivity contribution >= 4 is 60.9 Å². The molecule has 0 aliphatic heterocycles. The number of carbonyl (C=O) groups is 1. The van der Waals surface area contributed by atoms with Gasteiger partial charge in [-0.15, -0.1) is 12.4 Å². The molecule has 0 aliphatic carbocycles. The third-order valence-electron chi connectivity index (χ3n) is 3.99. The van der Waals surface area contributed by atoms with Gasteiger partial charge in [-0.05, 0) is 56.9 Å². The maximum absolute atomic E-state index is 12.9. The highest BCUT2D eigenvalue weighted by molar-refractivity contribution is 9.10. The van der Waals surface area contributed by atoms with Crippen molar-refractivity contribution in [3.63, 3.8) is 0 Å². The molecule has 0 spiro atoms. The van der Waals surface area contributed by atoms with E-state index < -0.39 is 0 Å². The van der Waals surface area contributed by atoms with Crippen LogP contribution in [0.2, 0.25) is 0 Å². The zero-order valence-corrected chi connectivity index (χ0v) is 19.2. The van der Waals surface area contributed by atoms with E-state index in [2.05, 4.69) is 20.9 Å². The Morgan fingerprint density at radius 2 is 1.96 bits per heavy atom. The molecular weight excluding hydrogens is 462 g/mol. The van der Waals surface area contributed by atoms with Gasteiger partial charge in [-0.3, -0.25) is 9.69 Å². The number of likely N-dealkylation sites (N-methyl/N-ethyl adjacent to an activating group) is 1. The monoisotopic (exact) mass is 483 g/mol. The van der Waals surface area contributed by atoms with Gasteiger partial charge in [0.05, 0.1) is 10.2 Å². The lowest BCUT2D eigenvalue weighted by molar-refractivity contribution is -0.120. The number of halogens is 2. The van der Waals surface area contributed by atoms with Gasteiger partial charge in [-0.25, -0.2) is 4.98 Å². The summed E-state index contributed by atoms with van der Waals surface area (Å²) in [5.74, 6) is 0.598. The molecule has 1 amide bonds. The fraction of sp³-hybridized carbons (Fsp3) is 0.300. The summed E-state index contributed by atoms with van der Waals surface area (Å²) in [6.45, 7) is 3.29. The van der Waals surface area contributed by atoms with Crippen LogP contribution >= 0.6 is 39.7 Å². The highest BCUT2D eigenvalue weighted by Gasteiger charge is 2.20. The molecule has 0 fully saturated rings. The Balaban J connectivity index is 0.00000280. The minimum atomic E-state index is -0.100. The first kappa shape index (κ1) is 22.6. The van der Waals surface area contributed by atoms with E-state index in [-0.39, 0.29) is 24.9 Å². The normalized spacial score (nSPS) is 10.8. The van der Waals surface area contributed by atoms with Gasteiger partial charge in [-0.1, -0.05) is 39.4 Å². The predicted molar refractivity (Wildman–Crippen MR) is 122 cm³/mol. The first-order valence-electron chi connectivity index (χ1n) is 8.63. The summed E-state index contributed by atoms with van der Waals surface area (Å²) in [5, 5.41) is 0.697. The summed E-state index contributed by atoms with van der Waals surface area (Å²) in [7, 11) is 3.97. The Labute approximate surface area is 183 Å². The SMILES string of the molecule is Cc1cccc(OCC(=O)N(CCN(C)C)c2nc3ccc(Br)cc3s2)c1.Cl. The van der Waals surface area contributed by atoms with E-state index in [4.69, 9.17) is 4.74 Å². The number of aromatic nitrogens is 1. The maximum atomic E-state index is 12.9. The van der Waals surface area contributed by atoms with Gasteiger partial charge in [0.25, 0.3) is 5.91 Å². The van der Waals surface area contributed by atoms with Crippen LogP contribution in [0.3, 0.4) is 0 Å². The molecular formula is C20H23BrClN3O2S. The van der Waals surface area contributed by atoms with Crippen molar-refractivity contribution in [2.24, 2.45) is 0 Å². The number of aryl methyl sites for hydroxylation is 1. The van der Waals surface area contributed by atoms with Crippen LogP contribution in [0, 0.1) is 6.92 Å². The lowest BCUT2D eigenvalue weighted by Gasteiger charge is -2.22. The zero-order chi connectivity index (χ0) is 19.4. The van der Waals surface area contributed by atoms with E-state index in [0.29, 0.717) is 17.4 Å². The molecule has 3 rings (SSSR count). The standard InChI is InChI=1S/C20H22BrN3O2S.ClH/c1-14-5-4-6-16(11-14)26-13-19(25)24(10-9-23(2)3)20-22-17-8-7-15(21)12-18(17)27-20;/h4-8,11-12H,9-10,13H2,1-3H3;1H. The van der Waals surface area contributed by atoms with Crippen molar-refractivity contribution in [2.45, 2.75) is 6.92 Å². The number of ether oxygens (including phenoxy) is 1. The van der Waals surface area contributed by atoms with Crippen LogP contribution in [0.5, 0.6) is 5.75 Å². The lowest BCUT2D eigenvalue weighted by atomic mass is 10.2. The average Bonchev–Trinajstić information content (AvgIpc) is 3.02. The largest absolute Gasteiger partial charge is 0.484 e. The van der Waals surface area contributed by atoms with Crippen LogP contribution in [-0.2, 0) is 4.79 Å². The van der Waals surface area contributed by atoms with Gasteiger partial charge in [-0.2, -0.15) is 0 Å². The maximum Gasteiger partial charge on any atom is 0.266 e. The third kappa shape index (κ3) is 5.91. The van der Waals surface area contributed by atoms with Crippen molar-refractivity contribution in [3.8, 4) is 5.75 Å². The van der Waals surface area contributed by atoms with Crippen molar-refractivity contribution in [3.05, 3.63) is 52.5 Å². The van der Waals surface area contributed by atoms with Gasteiger partial charge >= 0.3 is 0 Å². The van der Waals surface area contributed by atoms with E-state index in [1.165, 1.54) is 11.3 Å². The molecule has 1 heterocycles. The van der Waals surface area contributed by atoms with E-state index in [1.807, 2.05) is 68.4 Å². The van der Waals surface area contributed by atoms with E-state index in [9.17, 15) is 4.79 Å². The molecule has 150 valence electrons. The molecule has 5 nitrogen and oxygen atoms in total. The quantitative estimate of drug-likeness (QED) is 0.485. The van der Waals surface area contributed by atoms with Crippen molar-refractivity contribution in [1.29, 1.82) is 0 Å². The molecule has 28 heavy (non-hydrogen) atoms. The zero-order valence-electron chi connectivity index (χ0n) is 16.0. The van der Waals surface area contributed by atoms with E-state index >= 15 is 0 Å². The number of nitrogens with zero attached hydrogens (tertiary/aromatic N) is 3. The number of anilines is 1. The van der Waals surface area contributed by atoms with Gasteiger partial charge in [0.2, 0.25) is 0 Å². The highest BCUT2D eigenvalue weighted by Crippen LogP contribution is 2.31.